The van der Waals surface area contributed by atoms with Crippen LogP contribution in [0.5, 0.6) is 0 Å². The Morgan fingerprint density at radius 3 is 2.62 bits per heavy atom. The summed E-state index contributed by atoms with van der Waals surface area (Å²) in [6, 6.07) is 15.1. The maximum Gasteiger partial charge on any atom is 0.214 e. The van der Waals surface area contributed by atoms with E-state index in [1.54, 1.807) is 12.1 Å². The van der Waals surface area contributed by atoms with Crippen molar-refractivity contribution in [2.75, 3.05) is 0 Å². The molecule has 0 radical (unpaired) electrons. The summed E-state index contributed by atoms with van der Waals surface area (Å²) >= 11 is 0. The Labute approximate surface area is 141 Å². The number of nitrogens with zero attached hydrogens (tertiary/aromatic N) is 2. The second-order valence-electron chi connectivity index (χ2n) is 5.84. The number of rotatable bonds is 8. The van der Waals surface area contributed by atoms with Crippen LogP contribution in [0.15, 0.2) is 53.6 Å². The van der Waals surface area contributed by atoms with Gasteiger partial charge in [-0.1, -0.05) is 48.5 Å². The molecular weight excluding hydrogens is 302 g/mol. The molecule has 0 saturated carbocycles. The lowest BCUT2D eigenvalue weighted by Gasteiger charge is -2.14. The van der Waals surface area contributed by atoms with E-state index in [9.17, 15) is 9.90 Å². The second kappa shape index (κ2) is 8.75. The standard InChI is InChI=1S/C19H21N3O2/c1-14-7-5-12-18(19(23)24)17(14)11-6-10-16(21-22-20)13-15-8-3-2-4-9-15/h2-5,7-9,12,16,20H,6,10-11,13H2,1H3. The average Bonchev–Trinajstić information content (AvgIpc) is 2.57. The van der Waals surface area contributed by atoms with Crippen LogP contribution in [0.3, 0.4) is 0 Å². The van der Waals surface area contributed by atoms with E-state index < -0.39 is 5.97 Å². The zero-order valence-electron chi connectivity index (χ0n) is 13.7. The van der Waals surface area contributed by atoms with E-state index in [-0.39, 0.29) is 11.6 Å². The molecule has 0 bridgehead atoms. The van der Waals surface area contributed by atoms with Crippen molar-refractivity contribution < 1.29 is 9.90 Å². The monoisotopic (exact) mass is 323 g/mol. The predicted octanol–water partition coefficient (Wildman–Crippen LogP) is 2.84. The number of carboxylic acid groups (broad SMARTS) is 1. The highest BCUT2D eigenvalue weighted by atomic mass is 16.4. The molecule has 2 aromatic rings. The van der Waals surface area contributed by atoms with Crippen LogP contribution in [0.1, 0.15) is 39.9 Å². The van der Waals surface area contributed by atoms with E-state index >= 15 is 0 Å². The number of nitrogens with one attached hydrogen (secondary N) is 1. The molecule has 0 aliphatic heterocycles. The SMILES string of the molecule is Cc1cccc(C(=O)[O-])c1CCCC(Cc1ccccc1)N=[N+]=N. The molecule has 0 aromatic heterocycles. The highest BCUT2D eigenvalue weighted by Gasteiger charge is 2.15. The zero-order valence-corrected chi connectivity index (χ0v) is 13.7. The normalized spacial score (nSPS) is 11.5. The third-order valence-electron chi connectivity index (χ3n) is 4.13. The molecule has 0 aliphatic rings. The third kappa shape index (κ3) is 4.86. The van der Waals surface area contributed by atoms with Gasteiger partial charge in [-0.05, 0) is 42.9 Å². The predicted molar refractivity (Wildman–Crippen MR) is 89.7 cm³/mol. The summed E-state index contributed by atoms with van der Waals surface area (Å²) in [5.74, 6) is -1.14. The van der Waals surface area contributed by atoms with Crippen molar-refractivity contribution in [3.63, 3.8) is 0 Å². The van der Waals surface area contributed by atoms with E-state index in [1.165, 1.54) is 0 Å². The number of carbonyl (C=O) groups excluding carboxylic acids is 1. The summed E-state index contributed by atoms with van der Waals surface area (Å²) in [5, 5.41) is 15.2. The van der Waals surface area contributed by atoms with Gasteiger partial charge in [0.25, 0.3) is 0 Å². The minimum absolute atomic E-state index is 0.0691. The van der Waals surface area contributed by atoms with Crippen molar-refractivity contribution in [3.05, 3.63) is 70.8 Å². The van der Waals surface area contributed by atoms with Crippen LogP contribution in [-0.4, -0.2) is 12.0 Å². The quantitative estimate of drug-likeness (QED) is 0.598. The third-order valence-corrected chi connectivity index (χ3v) is 4.13. The van der Waals surface area contributed by atoms with E-state index in [0.717, 1.165) is 36.0 Å². The number of aryl methyl sites for hydroxylation is 1. The van der Waals surface area contributed by atoms with Gasteiger partial charge < -0.3 is 9.90 Å². The number of hydrogen-bond donors (Lipinski definition) is 1. The van der Waals surface area contributed by atoms with E-state index in [1.807, 2.05) is 43.3 Å². The Hall–Kier alpha value is -2.78. The molecule has 1 unspecified atom stereocenters. The minimum atomic E-state index is -1.14. The summed E-state index contributed by atoms with van der Waals surface area (Å²) < 4.78 is 0. The van der Waals surface area contributed by atoms with Gasteiger partial charge in [-0.25, -0.2) is 0 Å². The fourth-order valence-electron chi connectivity index (χ4n) is 2.91. The Morgan fingerprint density at radius 1 is 1.21 bits per heavy atom. The fourth-order valence-corrected chi connectivity index (χ4v) is 2.91. The first-order valence-electron chi connectivity index (χ1n) is 8.02. The smallest absolute Gasteiger partial charge is 0.214 e. The number of aromatic carboxylic acids is 1. The molecule has 0 saturated heterocycles. The van der Waals surface area contributed by atoms with Crippen LogP contribution in [0.25, 0.3) is 0 Å². The van der Waals surface area contributed by atoms with Gasteiger partial charge in [-0.3, -0.25) is 0 Å². The van der Waals surface area contributed by atoms with Crippen molar-refractivity contribution >= 4 is 5.97 Å². The van der Waals surface area contributed by atoms with Gasteiger partial charge in [0, 0.05) is 12.0 Å². The van der Waals surface area contributed by atoms with Crippen molar-refractivity contribution in [2.24, 2.45) is 5.11 Å². The Morgan fingerprint density at radius 2 is 1.96 bits per heavy atom. The molecule has 5 heteroatoms. The molecule has 0 spiro atoms. The Balaban J connectivity index is 2.01. The molecule has 2 aromatic carbocycles. The second-order valence-corrected chi connectivity index (χ2v) is 5.84. The van der Waals surface area contributed by atoms with Crippen LogP contribution in [0.2, 0.25) is 0 Å². The van der Waals surface area contributed by atoms with Crippen molar-refractivity contribution in [3.8, 4) is 0 Å². The summed E-state index contributed by atoms with van der Waals surface area (Å²) in [6.07, 6.45) is 2.90. The summed E-state index contributed by atoms with van der Waals surface area (Å²) in [6.45, 7) is 1.91. The maximum atomic E-state index is 11.2. The molecule has 5 nitrogen and oxygen atoms in total. The molecule has 0 amide bonds. The first kappa shape index (κ1) is 17.6. The van der Waals surface area contributed by atoms with Crippen LogP contribution in [0.4, 0.5) is 0 Å². The van der Waals surface area contributed by atoms with E-state index in [0.29, 0.717) is 6.42 Å². The summed E-state index contributed by atoms with van der Waals surface area (Å²) in [4.78, 5) is 14.4. The number of hydrogen-bond acceptors (Lipinski definition) is 4. The Kier molecular flexibility index (Phi) is 6.41. The van der Waals surface area contributed by atoms with Gasteiger partial charge >= 0.3 is 0 Å². The molecular formula is C19H21N3O2. The lowest BCUT2D eigenvalue weighted by molar-refractivity contribution is -0.255. The zero-order chi connectivity index (χ0) is 17.4. The number of carboxylic acids is 1. The van der Waals surface area contributed by atoms with Gasteiger partial charge in [0.15, 0.2) is 0 Å². The van der Waals surface area contributed by atoms with Gasteiger partial charge in [-0.15, -0.1) is 0 Å². The Bertz CT molecular complexity index is 738. The number of benzene rings is 2. The summed E-state index contributed by atoms with van der Waals surface area (Å²) in [7, 11) is 0. The molecule has 0 aliphatic carbocycles. The molecule has 24 heavy (non-hydrogen) atoms. The molecule has 0 fully saturated rings. The number of carbonyl (C=O) groups is 1. The highest BCUT2D eigenvalue weighted by molar-refractivity contribution is 5.88. The first-order valence-corrected chi connectivity index (χ1v) is 8.02. The molecule has 124 valence electrons. The minimum Gasteiger partial charge on any atom is -0.545 e. The molecule has 0 heterocycles. The van der Waals surface area contributed by atoms with Gasteiger partial charge in [0.2, 0.25) is 4.91 Å². The van der Waals surface area contributed by atoms with Crippen molar-refractivity contribution in [2.45, 2.75) is 38.6 Å². The van der Waals surface area contributed by atoms with Crippen LogP contribution >= 0.6 is 0 Å². The van der Waals surface area contributed by atoms with Crippen LogP contribution in [-0.2, 0) is 12.8 Å². The van der Waals surface area contributed by atoms with Crippen LogP contribution < -0.4 is 10.0 Å². The molecule has 1 N–H and O–H groups in total. The van der Waals surface area contributed by atoms with Gasteiger partial charge in [-0.2, -0.15) is 0 Å². The fraction of sp³-hybridized carbons (Fsp3) is 0.316. The van der Waals surface area contributed by atoms with Gasteiger partial charge in [0.1, 0.15) is 16.7 Å². The van der Waals surface area contributed by atoms with Gasteiger partial charge in [0.05, 0.1) is 5.97 Å². The maximum absolute atomic E-state index is 11.2. The highest BCUT2D eigenvalue weighted by Crippen LogP contribution is 2.18. The largest absolute Gasteiger partial charge is 0.545 e. The van der Waals surface area contributed by atoms with Crippen molar-refractivity contribution in [1.29, 1.82) is 5.53 Å². The average molecular weight is 323 g/mol. The van der Waals surface area contributed by atoms with E-state index in [4.69, 9.17) is 5.53 Å². The molecule has 2 rings (SSSR count). The first-order chi connectivity index (χ1) is 11.6. The summed E-state index contributed by atoms with van der Waals surface area (Å²) in [5.41, 5.74) is 10.2. The van der Waals surface area contributed by atoms with Crippen LogP contribution in [0, 0.1) is 12.5 Å². The van der Waals surface area contributed by atoms with E-state index in [2.05, 4.69) is 10.0 Å². The lowest BCUT2D eigenvalue weighted by atomic mass is 9.94. The molecule has 1 atom stereocenters. The van der Waals surface area contributed by atoms with Crippen molar-refractivity contribution in [1.82, 2.24) is 4.91 Å². The topological polar surface area (TPSA) is 90.4 Å². The lowest BCUT2D eigenvalue weighted by Crippen LogP contribution is -2.24.